The van der Waals surface area contributed by atoms with Crippen molar-refractivity contribution in [2.24, 2.45) is 5.73 Å². The number of nitrogens with zero attached hydrogens (tertiary/aromatic N) is 4. The third-order valence-corrected chi connectivity index (χ3v) is 2.35. The van der Waals surface area contributed by atoms with Gasteiger partial charge < -0.3 is 15.5 Å². The third-order valence-electron chi connectivity index (χ3n) is 2.16. The van der Waals surface area contributed by atoms with Gasteiger partial charge in [-0.05, 0) is 14.1 Å². The Bertz CT molecular complexity index is 366. The Morgan fingerprint density at radius 1 is 1.25 bits per heavy atom. The van der Waals surface area contributed by atoms with Crippen LogP contribution in [-0.4, -0.2) is 54.1 Å². The van der Waals surface area contributed by atoms with Crippen LogP contribution in [0.3, 0.4) is 0 Å². The summed E-state index contributed by atoms with van der Waals surface area (Å²) in [7, 11) is 6.01. The molecule has 1 rings (SSSR count). The second-order valence-corrected chi connectivity index (χ2v) is 4.26. The van der Waals surface area contributed by atoms with E-state index < -0.39 is 0 Å². The molecule has 0 fully saturated rings. The summed E-state index contributed by atoms with van der Waals surface area (Å²) >= 11 is 4.94. The van der Waals surface area contributed by atoms with Crippen LogP contribution >= 0.6 is 12.2 Å². The average molecular weight is 239 g/mol. The zero-order valence-corrected chi connectivity index (χ0v) is 10.7. The summed E-state index contributed by atoms with van der Waals surface area (Å²) in [6.45, 7) is 1.78. The predicted octanol–water partition coefficient (Wildman–Crippen LogP) is 0.109. The Balaban J connectivity index is 2.82. The molecule has 0 atom stereocenters. The Morgan fingerprint density at radius 3 is 2.44 bits per heavy atom. The average Bonchev–Trinajstić information content (AvgIpc) is 2.25. The lowest BCUT2D eigenvalue weighted by Crippen LogP contribution is -2.31. The van der Waals surface area contributed by atoms with Crippen LogP contribution in [0.2, 0.25) is 0 Å². The monoisotopic (exact) mass is 239 g/mol. The zero-order valence-electron chi connectivity index (χ0n) is 9.84. The fourth-order valence-corrected chi connectivity index (χ4v) is 1.38. The number of hydrogen-bond acceptors (Lipinski definition) is 5. The van der Waals surface area contributed by atoms with E-state index in [1.165, 1.54) is 0 Å². The first-order valence-corrected chi connectivity index (χ1v) is 5.40. The highest BCUT2D eigenvalue weighted by molar-refractivity contribution is 7.80. The van der Waals surface area contributed by atoms with E-state index >= 15 is 0 Å². The van der Waals surface area contributed by atoms with Crippen LogP contribution in [-0.2, 0) is 0 Å². The number of nitrogens with two attached hydrogens (primary N) is 1. The maximum Gasteiger partial charge on any atom is 0.157 e. The minimum absolute atomic E-state index is 0.278. The molecular weight excluding hydrogens is 222 g/mol. The molecule has 0 aliphatic carbocycles. The van der Waals surface area contributed by atoms with Crippen molar-refractivity contribution in [2.45, 2.75) is 0 Å². The molecule has 16 heavy (non-hydrogen) atoms. The van der Waals surface area contributed by atoms with Gasteiger partial charge in [0.2, 0.25) is 0 Å². The molecule has 0 spiro atoms. The van der Waals surface area contributed by atoms with Crippen molar-refractivity contribution in [1.29, 1.82) is 0 Å². The van der Waals surface area contributed by atoms with Gasteiger partial charge in [0, 0.05) is 32.5 Å². The van der Waals surface area contributed by atoms with Gasteiger partial charge in [0.1, 0.15) is 10.7 Å². The number of rotatable bonds is 5. The van der Waals surface area contributed by atoms with Crippen molar-refractivity contribution in [1.82, 2.24) is 14.9 Å². The molecule has 5 nitrogen and oxygen atoms in total. The molecule has 1 aromatic heterocycles. The largest absolute Gasteiger partial charge is 0.388 e. The lowest BCUT2D eigenvalue weighted by atomic mass is 10.3. The van der Waals surface area contributed by atoms with Crippen molar-refractivity contribution in [3.8, 4) is 0 Å². The summed E-state index contributed by atoms with van der Waals surface area (Å²) in [6, 6.07) is 0. The van der Waals surface area contributed by atoms with Crippen molar-refractivity contribution < 1.29 is 0 Å². The van der Waals surface area contributed by atoms with Crippen molar-refractivity contribution in [2.75, 3.05) is 39.1 Å². The SMILES string of the molecule is CN(C)CCN(C)c1nccnc1C(N)=S. The molecule has 0 amide bonds. The van der Waals surface area contributed by atoms with Crippen LogP contribution in [0, 0.1) is 0 Å². The van der Waals surface area contributed by atoms with Gasteiger partial charge in [0.25, 0.3) is 0 Å². The van der Waals surface area contributed by atoms with Gasteiger partial charge >= 0.3 is 0 Å². The molecule has 0 radical (unpaired) electrons. The quantitative estimate of drug-likeness (QED) is 0.736. The predicted molar refractivity (Wildman–Crippen MR) is 69.7 cm³/mol. The summed E-state index contributed by atoms with van der Waals surface area (Å²) in [4.78, 5) is 12.8. The Hall–Kier alpha value is -1.27. The smallest absolute Gasteiger partial charge is 0.157 e. The van der Waals surface area contributed by atoms with E-state index in [9.17, 15) is 0 Å². The first-order valence-electron chi connectivity index (χ1n) is 4.99. The van der Waals surface area contributed by atoms with Gasteiger partial charge in [0.15, 0.2) is 5.82 Å². The maximum absolute atomic E-state index is 5.60. The molecule has 1 aromatic rings. The number of thiocarbonyl (C=S) groups is 1. The summed E-state index contributed by atoms with van der Waals surface area (Å²) in [5, 5.41) is 0. The van der Waals surface area contributed by atoms with Crippen LogP contribution in [0.1, 0.15) is 5.69 Å². The molecule has 0 saturated carbocycles. The number of likely N-dealkylation sites (N-methyl/N-ethyl adjacent to an activating group) is 2. The molecule has 88 valence electrons. The second-order valence-electron chi connectivity index (χ2n) is 3.82. The molecule has 0 bridgehead atoms. The van der Waals surface area contributed by atoms with Crippen molar-refractivity contribution in [3.63, 3.8) is 0 Å². The molecule has 0 aliphatic heterocycles. The molecule has 1 heterocycles. The Kier molecular flexibility index (Phi) is 4.57. The number of hydrogen-bond donors (Lipinski definition) is 1. The van der Waals surface area contributed by atoms with Gasteiger partial charge in [-0.3, -0.25) is 0 Å². The molecule has 0 unspecified atom stereocenters. The molecule has 2 N–H and O–H groups in total. The summed E-state index contributed by atoms with van der Waals surface area (Å²) in [5.41, 5.74) is 6.18. The molecule has 0 saturated heterocycles. The lowest BCUT2D eigenvalue weighted by Gasteiger charge is -2.21. The lowest BCUT2D eigenvalue weighted by molar-refractivity contribution is 0.416. The van der Waals surface area contributed by atoms with E-state index in [2.05, 4.69) is 14.9 Å². The topological polar surface area (TPSA) is 58.3 Å². The van der Waals surface area contributed by atoms with Crippen LogP contribution in [0.25, 0.3) is 0 Å². The van der Waals surface area contributed by atoms with E-state index in [0.717, 1.165) is 18.9 Å². The van der Waals surface area contributed by atoms with Crippen LogP contribution in [0.5, 0.6) is 0 Å². The maximum atomic E-state index is 5.60. The Labute approximate surface area is 101 Å². The normalized spacial score (nSPS) is 10.5. The van der Waals surface area contributed by atoms with E-state index in [-0.39, 0.29) is 4.99 Å². The highest BCUT2D eigenvalue weighted by Gasteiger charge is 2.11. The highest BCUT2D eigenvalue weighted by Crippen LogP contribution is 2.12. The van der Waals surface area contributed by atoms with Crippen molar-refractivity contribution in [3.05, 3.63) is 18.1 Å². The first-order chi connectivity index (χ1) is 7.52. The third kappa shape index (κ3) is 3.39. The van der Waals surface area contributed by atoms with Crippen LogP contribution < -0.4 is 10.6 Å². The number of anilines is 1. The summed E-state index contributed by atoms with van der Waals surface area (Å²) < 4.78 is 0. The van der Waals surface area contributed by atoms with Gasteiger partial charge in [0.05, 0.1) is 0 Å². The van der Waals surface area contributed by atoms with Gasteiger partial charge in [-0.25, -0.2) is 9.97 Å². The van der Waals surface area contributed by atoms with E-state index in [0.29, 0.717) is 5.69 Å². The standard InChI is InChI=1S/C10H17N5S/c1-14(2)6-7-15(3)10-8(9(11)16)12-4-5-13-10/h4-5H,6-7H2,1-3H3,(H2,11,16). The van der Waals surface area contributed by atoms with Gasteiger partial charge in [-0.1, -0.05) is 12.2 Å². The summed E-state index contributed by atoms with van der Waals surface area (Å²) in [5.74, 6) is 0.733. The first kappa shape index (κ1) is 12.8. The van der Waals surface area contributed by atoms with E-state index in [1.54, 1.807) is 12.4 Å². The Morgan fingerprint density at radius 2 is 1.88 bits per heavy atom. The molecule has 6 heteroatoms. The van der Waals surface area contributed by atoms with Crippen molar-refractivity contribution >= 4 is 23.0 Å². The minimum atomic E-state index is 0.278. The molecular formula is C10H17N5S. The van der Waals surface area contributed by atoms with Crippen LogP contribution in [0.15, 0.2) is 12.4 Å². The zero-order chi connectivity index (χ0) is 12.1. The van der Waals surface area contributed by atoms with E-state index in [4.69, 9.17) is 18.0 Å². The van der Waals surface area contributed by atoms with Gasteiger partial charge in [-0.15, -0.1) is 0 Å². The molecule has 0 aliphatic rings. The van der Waals surface area contributed by atoms with Gasteiger partial charge in [-0.2, -0.15) is 0 Å². The van der Waals surface area contributed by atoms with E-state index in [1.807, 2.05) is 26.0 Å². The molecule has 0 aromatic carbocycles. The number of aromatic nitrogens is 2. The van der Waals surface area contributed by atoms with Crippen LogP contribution in [0.4, 0.5) is 5.82 Å². The second kappa shape index (κ2) is 5.72. The summed E-state index contributed by atoms with van der Waals surface area (Å²) in [6.07, 6.45) is 3.24. The highest BCUT2D eigenvalue weighted by atomic mass is 32.1. The fraction of sp³-hybridized carbons (Fsp3) is 0.500. The fourth-order valence-electron chi connectivity index (χ4n) is 1.24. The minimum Gasteiger partial charge on any atom is -0.388 e.